The predicted octanol–water partition coefficient (Wildman–Crippen LogP) is 1.66. The van der Waals surface area contributed by atoms with Gasteiger partial charge < -0.3 is 30.7 Å². The van der Waals surface area contributed by atoms with E-state index in [9.17, 15) is 29.7 Å². The molecular weight excluding hydrogens is 478 g/mol. The van der Waals surface area contributed by atoms with Crippen LogP contribution in [0.4, 0.5) is 5.69 Å². The van der Waals surface area contributed by atoms with Gasteiger partial charge in [0.25, 0.3) is 5.91 Å². The number of ether oxygens (including phenoxy) is 1. The summed E-state index contributed by atoms with van der Waals surface area (Å²) in [4.78, 5) is 43.0. The number of hydrogen-bond donors (Lipinski definition) is 4. The highest BCUT2D eigenvalue weighted by Crippen LogP contribution is 2.53. The van der Waals surface area contributed by atoms with Crippen LogP contribution in [0.2, 0.25) is 0 Å². The lowest BCUT2D eigenvalue weighted by molar-refractivity contribution is -0.148. The molecule has 3 aliphatic carbocycles. The first-order valence-electron chi connectivity index (χ1n) is 12.5. The molecule has 5 N–H and O–H groups in total. The Morgan fingerprint density at radius 2 is 1.86 bits per heavy atom. The summed E-state index contributed by atoms with van der Waals surface area (Å²) in [5.41, 5.74) is 3.84. The van der Waals surface area contributed by atoms with Gasteiger partial charge in [-0.25, -0.2) is 0 Å². The van der Waals surface area contributed by atoms with E-state index in [0.717, 1.165) is 24.1 Å². The van der Waals surface area contributed by atoms with Crippen LogP contribution in [0.5, 0.6) is 5.75 Å². The van der Waals surface area contributed by atoms with Crippen molar-refractivity contribution in [2.24, 2.45) is 17.6 Å². The maximum Gasteiger partial charge on any atom is 0.255 e. The maximum atomic E-state index is 14.0. The fourth-order valence-electron chi connectivity index (χ4n) is 6.09. The Balaban J connectivity index is 1.93. The number of nitrogens with two attached hydrogens (primary N) is 1. The van der Waals surface area contributed by atoms with Gasteiger partial charge in [0.1, 0.15) is 22.8 Å². The van der Waals surface area contributed by atoms with E-state index in [2.05, 4.69) is 0 Å². The molecule has 0 saturated heterocycles. The number of primary amides is 1. The van der Waals surface area contributed by atoms with Crippen LogP contribution in [0.1, 0.15) is 42.1 Å². The number of unbranched alkanes of at least 4 members (excludes halogenated alkanes) is 1. The molecule has 0 heterocycles. The maximum absolute atomic E-state index is 14.0. The first kappa shape index (κ1) is 26.7. The minimum Gasteiger partial charge on any atom is -0.510 e. The van der Waals surface area contributed by atoms with Gasteiger partial charge in [0.2, 0.25) is 5.78 Å². The predicted molar refractivity (Wildman–Crippen MR) is 137 cm³/mol. The number of allylic oxidation sites excluding steroid dienone is 1. The first-order chi connectivity index (χ1) is 17.4. The second-order valence-corrected chi connectivity index (χ2v) is 10.5. The van der Waals surface area contributed by atoms with Crippen molar-refractivity contribution < 1.29 is 34.4 Å². The van der Waals surface area contributed by atoms with Gasteiger partial charge in [0.15, 0.2) is 11.4 Å². The summed E-state index contributed by atoms with van der Waals surface area (Å²) in [6, 6.07) is 2.63. The number of carbonyl (C=O) groups excluding carboxylic acids is 3. The lowest BCUT2D eigenvalue weighted by Crippen LogP contribution is -2.63. The van der Waals surface area contributed by atoms with Crippen LogP contribution in [-0.2, 0) is 16.0 Å². The molecule has 1 amide bonds. The average molecular weight is 514 g/mol. The van der Waals surface area contributed by atoms with E-state index < -0.39 is 58.0 Å². The van der Waals surface area contributed by atoms with Crippen molar-refractivity contribution in [3.63, 3.8) is 0 Å². The van der Waals surface area contributed by atoms with Crippen LogP contribution in [0.25, 0.3) is 0 Å². The van der Waals surface area contributed by atoms with E-state index >= 15 is 0 Å². The molecule has 0 spiro atoms. The zero-order valence-corrected chi connectivity index (χ0v) is 21.9. The Kier molecular flexibility index (Phi) is 6.85. The molecule has 0 unspecified atom stereocenters. The van der Waals surface area contributed by atoms with Crippen LogP contribution in [0.3, 0.4) is 0 Å². The molecule has 4 rings (SSSR count). The molecule has 3 aliphatic rings. The van der Waals surface area contributed by atoms with Crippen LogP contribution in [0, 0.1) is 11.8 Å². The normalized spacial score (nSPS) is 27.2. The SMILES string of the molecule is CCCCOc1ccc(N(C)C)c2c1C(=O)C1=C(O)[C@]3(O)C(=O)C(C(N)=O)=C(O)[C@@H](N(C)C)[C@@H]3C[C@@H]1C2. The average Bonchev–Trinajstić information content (AvgIpc) is 2.81. The molecule has 10 heteroatoms. The Morgan fingerprint density at radius 1 is 1.19 bits per heavy atom. The van der Waals surface area contributed by atoms with E-state index in [4.69, 9.17) is 10.5 Å². The third kappa shape index (κ3) is 3.90. The van der Waals surface area contributed by atoms with Gasteiger partial charge in [-0.1, -0.05) is 13.3 Å². The standard InChI is InChI=1S/C27H35N3O7/c1-6-7-10-37-17-9-8-16(29(2)3)14-11-13-12-15-21(30(4)5)23(32)20(26(28)35)25(34)27(15,36)24(33)18(13)22(31)19(14)17/h8-9,13,15,21,32-33,36H,6-7,10-12H2,1-5H3,(H2,28,35)/t13-,15-,21-,27-/m0/s1. The van der Waals surface area contributed by atoms with E-state index in [0.29, 0.717) is 24.3 Å². The van der Waals surface area contributed by atoms with Crippen molar-refractivity contribution in [3.05, 3.63) is 45.9 Å². The van der Waals surface area contributed by atoms with Gasteiger partial charge in [-0.05, 0) is 57.0 Å². The van der Waals surface area contributed by atoms with Crippen LogP contribution < -0.4 is 15.4 Å². The third-order valence-corrected chi connectivity index (χ3v) is 7.80. The number of aliphatic hydroxyl groups excluding tert-OH is 2. The number of rotatable bonds is 7. The number of hydrogen-bond acceptors (Lipinski definition) is 9. The molecule has 1 aromatic carbocycles. The minimum atomic E-state index is -2.59. The summed E-state index contributed by atoms with van der Waals surface area (Å²) in [5, 5.41) is 34.1. The molecule has 1 aromatic rings. The van der Waals surface area contributed by atoms with Crippen molar-refractivity contribution in [3.8, 4) is 5.75 Å². The molecule has 0 fully saturated rings. The third-order valence-electron chi connectivity index (χ3n) is 7.80. The zero-order valence-electron chi connectivity index (χ0n) is 21.9. The minimum absolute atomic E-state index is 0.0708. The Labute approximate surface area is 216 Å². The van der Waals surface area contributed by atoms with Crippen LogP contribution in [-0.4, -0.2) is 84.1 Å². The number of amides is 1. The summed E-state index contributed by atoms with van der Waals surface area (Å²) in [5.74, 6) is -5.46. The molecule has 0 radical (unpaired) electrons. The molecule has 4 atom stereocenters. The summed E-state index contributed by atoms with van der Waals surface area (Å²) in [7, 11) is 6.99. The van der Waals surface area contributed by atoms with Crippen molar-refractivity contribution in [1.82, 2.24) is 4.90 Å². The second kappa shape index (κ2) is 9.50. The van der Waals surface area contributed by atoms with E-state index in [1.54, 1.807) is 25.1 Å². The van der Waals surface area contributed by atoms with E-state index in [-0.39, 0.29) is 12.0 Å². The number of anilines is 1. The fraction of sp³-hybridized carbons (Fsp3) is 0.519. The lowest BCUT2D eigenvalue weighted by Gasteiger charge is -2.50. The van der Waals surface area contributed by atoms with E-state index in [1.165, 1.54) is 0 Å². The van der Waals surface area contributed by atoms with Gasteiger partial charge in [0, 0.05) is 31.3 Å². The monoisotopic (exact) mass is 513 g/mol. The van der Waals surface area contributed by atoms with Crippen LogP contribution in [0.15, 0.2) is 34.8 Å². The summed E-state index contributed by atoms with van der Waals surface area (Å²) in [6.45, 7) is 2.44. The Bertz CT molecular complexity index is 1230. The van der Waals surface area contributed by atoms with Crippen LogP contribution >= 0.6 is 0 Å². The molecule has 0 aromatic heterocycles. The smallest absolute Gasteiger partial charge is 0.255 e. The highest BCUT2D eigenvalue weighted by Gasteiger charge is 2.63. The highest BCUT2D eigenvalue weighted by molar-refractivity contribution is 6.24. The summed E-state index contributed by atoms with van der Waals surface area (Å²) in [6.07, 6.45) is 2.17. The molecule has 200 valence electrons. The van der Waals surface area contributed by atoms with Crippen molar-refractivity contribution in [2.75, 3.05) is 39.7 Å². The van der Waals surface area contributed by atoms with Crippen molar-refractivity contribution in [1.29, 1.82) is 0 Å². The summed E-state index contributed by atoms with van der Waals surface area (Å²) >= 11 is 0. The topological polar surface area (TPSA) is 154 Å². The first-order valence-corrected chi connectivity index (χ1v) is 12.5. The number of nitrogens with zero attached hydrogens (tertiary/aromatic N) is 2. The Hall–Kier alpha value is -3.37. The lowest BCUT2D eigenvalue weighted by atomic mass is 9.58. The number of ketones is 2. The molecule has 0 bridgehead atoms. The highest BCUT2D eigenvalue weighted by atomic mass is 16.5. The number of aliphatic hydroxyl groups is 3. The largest absolute Gasteiger partial charge is 0.510 e. The van der Waals surface area contributed by atoms with Gasteiger partial charge in [-0.3, -0.25) is 19.3 Å². The molecular formula is C27H35N3O7. The van der Waals surface area contributed by atoms with Gasteiger partial charge in [0.05, 0.1) is 18.2 Å². The summed E-state index contributed by atoms with van der Waals surface area (Å²) < 4.78 is 5.95. The molecule has 0 saturated carbocycles. The molecule has 37 heavy (non-hydrogen) atoms. The van der Waals surface area contributed by atoms with Gasteiger partial charge >= 0.3 is 0 Å². The van der Waals surface area contributed by atoms with E-state index in [1.807, 2.05) is 32.0 Å². The van der Waals surface area contributed by atoms with Gasteiger partial charge in [-0.15, -0.1) is 0 Å². The quantitative estimate of drug-likeness (QED) is 0.315. The number of likely N-dealkylation sites (N-methyl/N-ethyl adjacent to an activating group) is 1. The van der Waals surface area contributed by atoms with Gasteiger partial charge in [-0.2, -0.15) is 0 Å². The molecule has 10 nitrogen and oxygen atoms in total. The number of Topliss-reactive ketones (excluding diaryl/α,β-unsaturated/α-hetero) is 2. The Morgan fingerprint density at radius 3 is 2.43 bits per heavy atom. The van der Waals surface area contributed by atoms with Crippen molar-refractivity contribution in [2.45, 2.75) is 44.2 Å². The number of fused-ring (bicyclic) bond motifs is 3. The molecule has 0 aliphatic heterocycles. The van der Waals surface area contributed by atoms with Crippen molar-refractivity contribution >= 4 is 23.2 Å². The second-order valence-electron chi connectivity index (χ2n) is 10.5. The zero-order chi connectivity index (χ0) is 27.4. The number of benzene rings is 1. The number of carbonyl (C=O) groups is 3. The fourth-order valence-corrected chi connectivity index (χ4v) is 6.09.